The van der Waals surface area contributed by atoms with Gasteiger partial charge in [-0.25, -0.2) is 0 Å². The smallest absolute Gasteiger partial charge is 0.306 e. The van der Waals surface area contributed by atoms with E-state index < -0.39 is 5.97 Å². The second kappa shape index (κ2) is 7.85. The molecule has 1 amide bonds. The maximum atomic E-state index is 12.2. The quantitative estimate of drug-likeness (QED) is 0.867. The number of ether oxygens (including phenoxy) is 2. The van der Waals surface area contributed by atoms with Crippen LogP contribution in [-0.4, -0.2) is 49.2 Å². The van der Waals surface area contributed by atoms with Crippen molar-refractivity contribution in [2.24, 2.45) is 5.92 Å². The van der Waals surface area contributed by atoms with E-state index in [2.05, 4.69) is 0 Å². The molecule has 0 aliphatic carbocycles. The number of carbonyl (C=O) groups excluding carboxylic acids is 1. The Labute approximate surface area is 136 Å². The number of carboxylic acids is 1. The van der Waals surface area contributed by atoms with Gasteiger partial charge in [0.1, 0.15) is 0 Å². The van der Waals surface area contributed by atoms with Crippen LogP contribution in [0, 0.1) is 5.92 Å². The van der Waals surface area contributed by atoms with Crippen molar-refractivity contribution in [3.05, 3.63) is 23.8 Å². The largest absolute Gasteiger partial charge is 0.493 e. The van der Waals surface area contributed by atoms with Crippen molar-refractivity contribution in [2.75, 3.05) is 27.3 Å². The van der Waals surface area contributed by atoms with Crippen LogP contribution in [0.25, 0.3) is 0 Å². The van der Waals surface area contributed by atoms with E-state index in [1.807, 2.05) is 18.2 Å². The van der Waals surface area contributed by atoms with E-state index in [1.54, 1.807) is 19.1 Å². The third-order valence-corrected chi connectivity index (χ3v) is 4.27. The highest BCUT2D eigenvalue weighted by molar-refractivity contribution is 5.77. The van der Waals surface area contributed by atoms with Crippen molar-refractivity contribution in [3.63, 3.8) is 0 Å². The number of benzene rings is 1. The summed E-state index contributed by atoms with van der Waals surface area (Å²) in [4.78, 5) is 24.9. The van der Waals surface area contributed by atoms with Crippen LogP contribution in [0.3, 0.4) is 0 Å². The minimum absolute atomic E-state index is 0.0728. The molecule has 6 nitrogen and oxygen atoms in total. The molecule has 0 radical (unpaired) electrons. The second-order valence-corrected chi connectivity index (χ2v) is 5.68. The van der Waals surface area contributed by atoms with Gasteiger partial charge in [0.05, 0.1) is 20.1 Å². The Morgan fingerprint density at radius 3 is 2.39 bits per heavy atom. The number of methoxy groups -OCH3 is 2. The highest BCUT2D eigenvalue weighted by Gasteiger charge is 2.26. The minimum atomic E-state index is -0.762. The average molecular weight is 321 g/mol. The summed E-state index contributed by atoms with van der Waals surface area (Å²) in [6, 6.07) is 5.63. The number of likely N-dealkylation sites (tertiary alicyclic amines) is 1. The molecule has 1 fully saturated rings. The molecular formula is C17H23NO5. The molecule has 0 bridgehead atoms. The molecule has 1 N–H and O–H groups in total. The molecule has 1 aliphatic heterocycles. The molecule has 0 unspecified atom stereocenters. The number of hydrogen-bond acceptors (Lipinski definition) is 4. The standard InChI is InChI=1S/C17H23NO5/c1-22-14-5-3-12(11-15(14)23-2)4-6-16(19)18-9-7-13(8-10-18)17(20)21/h3,5,11,13H,4,6-10H2,1-2H3,(H,20,21). The maximum Gasteiger partial charge on any atom is 0.306 e. The molecule has 1 aromatic carbocycles. The first kappa shape index (κ1) is 17.1. The zero-order valence-electron chi connectivity index (χ0n) is 13.6. The van der Waals surface area contributed by atoms with Gasteiger partial charge in [0, 0.05) is 19.5 Å². The summed E-state index contributed by atoms with van der Waals surface area (Å²) in [6.07, 6.45) is 2.11. The minimum Gasteiger partial charge on any atom is -0.493 e. The van der Waals surface area contributed by atoms with E-state index >= 15 is 0 Å². The molecule has 2 rings (SSSR count). The summed E-state index contributed by atoms with van der Waals surface area (Å²) in [5.74, 6) is 0.314. The fraction of sp³-hybridized carbons (Fsp3) is 0.529. The zero-order valence-corrected chi connectivity index (χ0v) is 13.6. The molecule has 1 aromatic rings. The van der Waals surface area contributed by atoms with Gasteiger partial charge in [0.2, 0.25) is 5.91 Å². The lowest BCUT2D eigenvalue weighted by Gasteiger charge is -2.30. The first-order valence-corrected chi connectivity index (χ1v) is 7.76. The van der Waals surface area contributed by atoms with Gasteiger partial charge in [-0.2, -0.15) is 0 Å². The first-order chi connectivity index (χ1) is 11.0. The summed E-state index contributed by atoms with van der Waals surface area (Å²) in [5, 5.41) is 8.98. The number of carbonyl (C=O) groups is 2. The molecule has 0 spiro atoms. The van der Waals surface area contributed by atoms with Crippen LogP contribution in [-0.2, 0) is 16.0 Å². The van der Waals surface area contributed by atoms with Crippen LogP contribution in [0.4, 0.5) is 0 Å². The number of hydrogen-bond donors (Lipinski definition) is 1. The molecule has 6 heteroatoms. The highest BCUT2D eigenvalue weighted by Crippen LogP contribution is 2.28. The number of nitrogens with zero attached hydrogens (tertiary/aromatic N) is 1. The van der Waals surface area contributed by atoms with Crippen molar-refractivity contribution in [3.8, 4) is 11.5 Å². The van der Waals surface area contributed by atoms with Crippen LogP contribution in [0.5, 0.6) is 11.5 Å². The number of aliphatic carboxylic acids is 1. The fourth-order valence-electron chi connectivity index (χ4n) is 2.82. The third-order valence-electron chi connectivity index (χ3n) is 4.27. The number of piperidine rings is 1. The molecule has 0 aromatic heterocycles. The van der Waals surface area contributed by atoms with Crippen LogP contribution < -0.4 is 9.47 Å². The van der Waals surface area contributed by atoms with E-state index in [-0.39, 0.29) is 11.8 Å². The number of aryl methyl sites for hydroxylation is 1. The lowest BCUT2D eigenvalue weighted by atomic mass is 9.96. The van der Waals surface area contributed by atoms with E-state index in [4.69, 9.17) is 14.6 Å². The Bertz CT molecular complexity index is 564. The topological polar surface area (TPSA) is 76.1 Å². The van der Waals surface area contributed by atoms with Crippen molar-refractivity contribution >= 4 is 11.9 Å². The van der Waals surface area contributed by atoms with Gasteiger partial charge < -0.3 is 19.5 Å². The Balaban J connectivity index is 1.86. The van der Waals surface area contributed by atoms with Crippen LogP contribution in [0.1, 0.15) is 24.8 Å². The number of amides is 1. The maximum absolute atomic E-state index is 12.2. The van der Waals surface area contributed by atoms with Gasteiger partial charge >= 0.3 is 5.97 Å². The predicted octanol–water partition coefficient (Wildman–Crippen LogP) is 1.96. The average Bonchev–Trinajstić information content (AvgIpc) is 2.59. The first-order valence-electron chi connectivity index (χ1n) is 7.76. The van der Waals surface area contributed by atoms with E-state index in [0.717, 1.165) is 5.56 Å². The molecule has 126 valence electrons. The van der Waals surface area contributed by atoms with Crippen molar-refractivity contribution < 1.29 is 24.2 Å². The van der Waals surface area contributed by atoms with Gasteiger partial charge in [0.25, 0.3) is 0 Å². The van der Waals surface area contributed by atoms with Gasteiger partial charge in [0.15, 0.2) is 11.5 Å². The van der Waals surface area contributed by atoms with Crippen LogP contribution >= 0.6 is 0 Å². The second-order valence-electron chi connectivity index (χ2n) is 5.68. The Morgan fingerprint density at radius 2 is 1.83 bits per heavy atom. The summed E-state index contributed by atoms with van der Waals surface area (Å²) in [7, 11) is 3.17. The van der Waals surface area contributed by atoms with Crippen molar-refractivity contribution in [1.29, 1.82) is 0 Å². The Hall–Kier alpha value is -2.24. The van der Waals surface area contributed by atoms with Gasteiger partial charge in [-0.1, -0.05) is 6.07 Å². The monoisotopic (exact) mass is 321 g/mol. The number of rotatable bonds is 6. The Kier molecular flexibility index (Phi) is 5.84. The van der Waals surface area contributed by atoms with E-state index in [0.29, 0.717) is 50.3 Å². The van der Waals surface area contributed by atoms with E-state index in [9.17, 15) is 9.59 Å². The van der Waals surface area contributed by atoms with Crippen LogP contribution in [0.2, 0.25) is 0 Å². The Morgan fingerprint density at radius 1 is 1.17 bits per heavy atom. The van der Waals surface area contributed by atoms with Crippen molar-refractivity contribution in [1.82, 2.24) is 4.90 Å². The van der Waals surface area contributed by atoms with Gasteiger partial charge in [-0.15, -0.1) is 0 Å². The zero-order chi connectivity index (χ0) is 16.8. The summed E-state index contributed by atoms with van der Waals surface area (Å²) >= 11 is 0. The molecule has 1 aliphatic rings. The molecule has 23 heavy (non-hydrogen) atoms. The normalized spacial score (nSPS) is 15.3. The predicted molar refractivity (Wildman–Crippen MR) is 84.8 cm³/mol. The fourth-order valence-corrected chi connectivity index (χ4v) is 2.82. The summed E-state index contributed by atoms with van der Waals surface area (Å²) in [5.41, 5.74) is 1.01. The molecular weight excluding hydrogens is 298 g/mol. The SMILES string of the molecule is COc1ccc(CCC(=O)N2CCC(C(=O)O)CC2)cc1OC. The molecule has 1 heterocycles. The molecule has 0 saturated carbocycles. The lowest BCUT2D eigenvalue weighted by Crippen LogP contribution is -2.40. The van der Waals surface area contributed by atoms with Gasteiger partial charge in [-0.05, 0) is 37.0 Å². The van der Waals surface area contributed by atoms with Crippen LogP contribution in [0.15, 0.2) is 18.2 Å². The lowest BCUT2D eigenvalue weighted by molar-refractivity contribution is -0.145. The highest BCUT2D eigenvalue weighted by atomic mass is 16.5. The summed E-state index contributed by atoms with van der Waals surface area (Å²) < 4.78 is 10.5. The number of carboxylic acid groups (broad SMARTS) is 1. The third kappa shape index (κ3) is 4.37. The summed E-state index contributed by atoms with van der Waals surface area (Å²) in [6.45, 7) is 1.06. The van der Waals surface area contributed by atoms with Gasteiger partial charge in [-0.3, -0.25) is 9.59 Å². The molecule has 0 atom stereocenters. The van der Waals surface area contributed by atoms with E-state index in [1.165, 1.54) is 0 Å². The molecule has 1 saturated heterocycles. The van der Waals surface area contributed by atoms with Crippen molar-refractivity contribution in [2.45, 2.75) is 25.7 Å².